The van der Waals surface area contributed by atoms with Gasteiger partial charge in [-0.25, -0.2) is 0 Å². The van der Waals surface area contributed by atoms with Crippen molar-refractivity contribution in [1.29, 1.82) is 0 Å². The molecule has 1 aliphatic carbocycles. The molecule has 4 saturated heterocycles. The molecule has 0 radical (unpaired) electrons. The zero-order chi connectivity index (χ0) is 16.4. The van der Waals surface area contributed by atoms with Crippen molar-refractivity contribution in [2.24, 2.45) is 17.8 Å². The number of para-hydroxylation sites is 1. The summed E-state index contributed by atoms with van der Waals surface area (Å²) in [6.07, 6.45) is 2.59. The van der Waals surface area contributed by atoms with E-state index < -0.39 is 0 Å². The first-order valence-corrected chi connectivity index (χ1v) is 9.43. The Balaban J connectivity index is 1.61. The second kappa shape index (κ2) is 4.05. The smallest absolute Gasteiger partial charge is 0.150 e. The molecule has 24 heavy (non-hydrogen) atoms. The first-order valence-electron chi connectivity index (χ1n) is 9.43. The third kappa shape index (κ3) is 1.16. The molecule has 6 aliphatic rings. The van der Waals surface area contributed by atoms with Crippen LogP contribution in [0.1, 0.15) is 31.7 Å². The number of fused-ring (bicyclic) bond motifs is 2. The van der Waals surface area contributed by atoms with E-state index in [-0.39, 0.29) is 35.6 Å². The van der Waals surface area contributed by atoms with Gasteiger partial charge >= 0.3 is 0 Å². The number of likely N-dealkylation sites (N-methyl/N-ethyl adjacent to an activating group) is 1. The molecule has 1 N–H and O–H groups in total. The van der Waals surface area contributed by atoms with Gasteiger partial charge in [-0.3, -0.25) is 9.69 Å². The lowest BCUT2D eigenvalue weighted by molar-refractivity contribution is -0.207. The van der Waals surface area contributed by atoms with Gasteiger partial charge in [0.15, 0.2) is 5.78 Å². The van der Waals surface area contributed by atoms with Gasteiger partial charge in [-0.2, -0.15) is 0 Å². The second-order valence-electron chi connectivity index (χ2n) is 8.61. The Morgan fingerprint density at radius 3 is 2.88 bits per heavy atom. The van der Waals surface area contributed by atoms with Gasteiger partial charge in [-0.15, -0.1) is 0 Å². The number of ketones is 1. The lowest BCUT2D eigenvalue weighted by atomic mass is 9.62. The van der Waals surface area contributed by atoms with Crippen LogP contribution in [-0.4, -0.2) is 47.2 Å². The van der Waals surface area contributed by atoms with E-state index in [1.54, 1.807) is 0 Å². The first kappa shape index (κ1) is 13.9. The van der Waals surface area contributed by atoms with Crippen molar-refractivity contribution in [3.63, 3.8) is 0 Å². The van der Waals surface area contributed by atoms with Crippen molar-refractivity contribution in [1.82, 2.24) is 4.90 Å². The normalized spacial score (nSPS) is 52.8. The summed E-state index contributed by atoms with van der Waals surface area (Å²) in [6.45, 7) is 2.16. The molecule has 5 heterocycles. The molecular formula is C20H24N2O2. The van der Waals surface area contributed by atoms with Gasteiger partial charge in [0.05, 0.1) is 11.5 Å². The van der Waals surface area contributed by atoms with Crippen LogP contribution in [0, 0.1) is 17.8 Å². The van der Waals surface area contributed by atoms with E-state index in [1.807, 2.05) is 0 Å². The molecule has 5 fully saturated rings. The van der Waals surface area contributed by atoms with Crippen LogP contribution in [-0.2, 0) is 10.2 Å². The molecule has 4 nitrogen and oxygen atoms in total. The molecule has 5 aliphatic heterocycles. The van der Waals surface area contributed by atoms with E-state index in [4.69, 9.17) is 0 Å². The highest BCUT2D eigenvalue weighted by atomic mass is 16.3. The van der Waals surface area contributed by atoms with Gasteiger partial charge < -0.3 is 10.0 Å². The molecule has 1 aromatic carbocycles. The Hall–Kier alpha value is -1.39. The summed E-state index contributed by atoms with van der Waals surface area (Å²) >= 11 is 0. The van der Waals surface area contributed by atoms with E-state index in [2.05, 4.69) is 48.0 Å². The van der Waals surface area contributed by atoms with E-state index in [0.29, 0.717) is 17.7 Å². The number of nitrogens with zero attached hydrogens (tertiary/aromatic N) is 2. The summed E-state index contributed by atoms with van der Waals surface area (Å²) in [4.78, 5) is 18.5. The number of carbonyl (C=O) groups excluding carboxylic acids is 1. The maximum atomic E-state index is 13.8. The molecule has 9 atom stereocenters. The van der Waals surface area contributed by atoms with Crippen LogP contribution in [0.25, 0.3) is 0 Å². The Morgan fingerprint density at radius 2 is 2.08 bits per heavy atom. The fourth-order valence-corrected chi connectivity index (χ4v) is 7.57. The maximum Gasteiger partial charge on any atom is 0.150 e. The number of benzene rings is 1. The van der Waals surface area contributed by atoms with Crippen LogP contribution in [0.4, 0.5) is 5.69 Å². The number of hydrogen-bond acceptors (Lipinski definition) is 4. The minimum atomic E-state index is -0.360. The van der Waals surface area contributed by atoms with Gasteiger partial charge in [0, 0.05) is 36.7 Å². The van der Waals surface area contributed by atoms with Crippen molar-refractivity contribution >= 4 is 11.5 Å². The minimum absolute atomic E-state index is 0.138. The van der Waals surface area contributed by atoms with Crippen molar-refractivity contribution < 1.29 is 9.90 Å². The summed E-state index contributed by atoms with van der Waals surface area (Å²) in [5.74, 6) is 1.26. The highest BCUT2D eigenvalue weighted by molar-refractivity contribution is 6.01. The monoisotopic (exact) mass is 324 g/mol. The van der Waals surface area contributed by atoms with Gasteiger partial charge in [0.2, 0.25) is 0 Å². The number of carbonyl (C=O) groups is 1. The summed E-state index contributed by atoms with van der Waals surface area (Å²) in [6, 6.07) is 9.27. The SMILES string of the molecule is CC[C@H]1[C@@H]2C[C@H]3[C@@H]4N(C)c5ccccc5[C@]45C[C@@H](C2C5=O)N3[C@@H]1O. The predicted molar refractivity (Wildman–Crippen MR) is 90.7 cm³/mol. The average molecular weight is 324 g/mol. The van der Waals surface area contributed by atoms with Crippen LogP contribution >= 0.6 is 0 Å². The zero-order valence-corrected chi connectivity index (χ0v) is 14.2. The van der Waals surface area contributed by atoms with Gasteiger partial charge in [-0.05, 0) is 36.8 Å². The molecule has 7 rings (SSSR count). The maximum absolute atomic E-state index is 13.8. The molecule has 1 saturated carbocycles. The van der Waals surface area contributed by atoms with Gasteiger partial charge in [-0.1, -0.05) is 25.1 Å². The lowest BCUT2D eigenvalue weighted by Crippen LogP contribution is -2.72. The summed E-state index contributed by atoms with van der Waals surface area (Å²) in [5.41, 5.74) is 2.16. The number of rotatable bonds is 1. The number of piperidine rings is 4. The standard InChI is InChI=1S/C20H24N2O2/c1-3-10-11-8-14-17-20(12-6-4-5-7-13(12)21(17)2)9-15(16(11)18(20)23)22(14)19(10)24/h4-7,10-11,14-17,19,24H,3,8-9H2,1-2H3/t10-,11-,14-,15-,16?,17-,19+,20+/m0/s1. The number of hydrogen-bond donors (Lipinski definition) is 1. The number of Topliss-reactive ketones (excluding diaryl/α,β-unsaturated/α-hetero) is 1. The number of aliphatic hydroxyl groups excluding tert-OH is 1. The summed E-state index contributed by atoms with van der Waals surface area (Å²) in [5, 5.41) is 11.0. The van der Waals surface area contributed by atoms with E-state index in [0.717, 1.165) is 19.3 Å². The highest BCUT2D eigenvalue weighted by Crippen LogP contribution is 2.67. The Kier molecular flexibility index (Phi) is 2.34. The number of aliphatic hydroxyl groups is 1. The van der Waals surface area contributed by atoms with E-state index >= 15 is 0 Å². The zero-order valence-electron chi connectivity index (χ0n) is 14.2. The minimum Gasteiger partial charge on any atom is -0.378 e. The first-order chi connectivity index (χ1) is 11.6. The summed E-state index contributed by atoms with van der Waals surface area (Å²) < 4.78 is 0. The van der Waals surface area contributed by atoms with Crippen LogP contribution in [0.2, 0.25) is 0 Å². The van der Waals surface area contributed by atoms with Crippen molar-refractivity contribution in [2.75, 3.05) is 11.9 Å². The largest absolute Gasteiger partial charge is 0.378 e. The Morgan fingerprint density at radius 1 is 1.29 bits per heavy atom. The van der Waals surface area contributed by atoms with Crippen LogP contribution in [0.15, 0.2) is 24.3 Å². The fourth-order valence-electron chi connectivity index (χ4n) is 7.57. The predicted octanol–water partition coefficient (Wildman–Crippen LogP) is 1.76. The quantitative estimate of drug-likeness (QED) is 0.855. The molecule has 1 spiro atoms. The molecule has 4 heteroatoms. The van der Waals surface area contributed by atoms with Gasteiger partial charge in [0.25, 0.3) is 0 Å². The second-order valence-corrected chi connectivity index (χ2v) is 8.61. The van der Waals surface area contributed by atoms with Crippen molar-refractivity contribution in [2.45, 2.75) is 56.0 Å². The molecule has 5 bridgehead atoms. The Labute approximate surface area is 142 Å². The van der Waals surface area contributed by atoms with Crippen molar-refractivity contribution in [3.05, 3.63) is 29.8 Å². The van der Waals surface area contributed by atoms with Gasteiger partial charge in [0.1, 0.15) is 6.23 Å². The fraction of sp³-hybridized carbons (Fsp3) is 0.650. The Bertz CT molecular complexity index is 764. The average Bonchev–Trinajstić information content (AvgIpc) is 2.97. The molecular weight excluding hydrogens is 300 g/mol. The third-order valence-electron chi connectivity index (χ3n) is 8.19. The lowest BCUT2D eigenvalue weighted by Gasteiger charge is -2.62. The number of anilines is 1. The third-order valence-corrected chi connectivity index (χ3v) is 8.19. The summed E-state index contributed by atoms with van der Waals surface area (Å²) in [7, 11) is 2.15. The van der Waals surface area contributed by atoms with Crippen LogP contribution < -0.4 is 4.90 Å². The van der Waals surface area contributed by atoms with Crippen LogP contribution in [0.3, 0.4) is 0 Å². The highest BCUT2D eigenvalue weighted by Gasteiger charge is 2.76. The molecule has 0 amide bonds. The topological polar surface area (TPSA) is 43.8 Å². The molecule has 1 aromatic rings. The van der Waals surface area contributed by atoms with E-state index in [1.165, 1.54) is 11.3 Å². The molecule has 0 aromatic heterocycles. The van der Waals surface area contributed by atoms with Crippen molar-refractivity contribution in [3.8, 4) is 0 Å². The molecule has 126 valence electrons. The van der Waals surface area contributed by atoms with E-state index in [9.17, 15) is 9.90 Å². The molecule has 2 unspecified atom stereocenters. The van der Waals surface area contributed by atoms with Crippen LogP contribution in [0.5, 0.6) is 0 Å².